The summed E-state index contributed by atoms with van der Waals surface area (Å²) in [6.07, 6.45) is 8.72. The maximum absolute atomic E-state index is 11.0. The van der Waals surface area contributed by atoms with Crippen molar-refractivity contribution >= 4 is 15.9 Å². The van der Waals surface area contributed by atoms with Gasteiger partial charge in [-0.2, -0.15) is 0 Å². The van der Waals surface area contributed by atoms with E-state index in [1.165, 1.54) is 6.42 Å². The average molecular weight is 401 g/mol. The molecule has 8 atom stereocenters. The number of hydrogen-bond acceptors (Lipinski definition) is 3. The van der Waals surface area contributed by atoms with Gasteiger partial charge in [-0.1, -0.05) is 22.9 Å². The molecule has 0 heterocycles. The van der Waals surface area contributed by atoms with Crippen LogP contribution in [0.5, 0.6) is 0 Å². The summed E-state index contributed by atoms with van der Waals surface area (Å²) >= 11 is 4.03. The van der Waals surface area contributed by atoms with Crippen LogP contribution in [0.3, 0.4) is 0 Å². The van der Waals surface area contributed by atoms with Crippen LogP contribution in [0.15, 0.2) is 0 Å². The molecular weight excluding hydrogens is 368 g/mol. The van der Waals surface area contributed by atoms with Gasteiger partial charge in [-0.15, -0.1) is 0 Å². The van der Waals surface area contributed by atoms with Crippen LogP contribution >= 0.6 is 15.9 Å². The molecule has 138 valence electrons. The van der Waals surface area contributed by atoms with E-state index in [-0.39, 0.29) is 27.9 Å². The van der Waals surface area contributed by atoms with Crippen LogP contribution in [0.25, 0.3) is 0 Å². The second-order valence-electron chi connectivity index (χ2n) is 9.86. The summed E-state index contributed by atoms with van der Waals surface area (Å²) in [6, 6.07) is 0. The highest BCUT2D eigenvalue weighted by Crippen LogP contribution is 2.70. The Labute approximate surface area is 154 Å². The Hall–Kier alpha value is 0.360. The molecule has 3 nitrogen and oxygen atoms in total. The quantitative estimate of drug-likeness (QED) is 0.588. The topological polar surface area (TPSA) is 60.7 Å². The fourth-order valence-corrected chi connectivity index (χ4v) is 8.77. The van der Waals surface area contributed by atoms with Crippen molar-refractivity contribution in [3.63, 3.8) is 0 Å². The summed E-state index contributed by atoms with van der Waals surface area (Å²) in [6.45, 7) is 4.59. The lowest BCUT2D eigenvalue weighted by Gasteiger charge is -2.65. The third-order valence-electron chi connectivity index (χ3n) is 9.24. The lowest BCUT2D eigenvalue weighted by atomic mass is 9.44. The van der Waals surface area contributed by atoms with Crippen LogP contribution in [0.1, 0.15) is 71.6 Å². The Bertz CT molecular complexity index is 523. The van der Waals surface area contributed by atoms with E-state index in [1.807, 2.05) is 6.92 Å². The third kappa shape index (κ3) is 2.06. The summed E-state index contributed by atoms with van der Waals surface area (Å²) in [5.41, 5.74) is -0.600. The summed E-state index contributed by atoms with van der Waals surface area (Å²) in [5.74, 6) is 1.72. The van der Waals surface area contributed by atoms with Gasteiger partial charge in [0.05, 0.1) is 18.3 Å². The van der Waals surface area contributed by atoms with Gasteiger partial charge in [0.15, 0.2) is 0 Å². The predicted octanol–water partition coefficient (Wildman–Crippen LogP) is 3.63. The van der Waals surface area contributed by atoms with Gasteiger partial charge in [0.1, 0.15) is 0 Å². The van der Waals surface area contributed by atoms with Gasteiger partial charge in [-0.05, 0) is 87.9 Å². The van der Waals surface area contributed by atoms with Gasteiger partial charge in [0.25, 0.3) is 0 Å². The van der Waals surface area contributed by atoms with Crippen molar-refractivity contribution in [3.8, 4) is 0 Å². The van der Waals surface area contributed by atoms with Crippen molar-refractivity contribution in [2.45, 2.75) is 87.7 Å². The molecule has 4 fully saturated rings. The van der Waals surface area contributed by atoms with E-state index in [0.717, 1.165) is 51.4 Å². The Morgan fingerprint density at radius 1 is 0.958 bits per heavy atom. The number of fused-ring (bicyclic) bond motifs is 5. The second kappa shape index (κ2) is 5.43. The maximum atomic E-state index is 11.0. The molecule has 0 aromatic carbocycles. The molecule has 24 heavy (non-hydrogen) atoms. The van der Waals surface area contributed by atoms with E-state index in [4.69, 9.17) is 0 Å². The van der Waals surface area contributed by atoms with Crippen LogP contribution < -0.4 is 0 Å². The lowest BCUT2D eigenvalue weighted by molar-refractivity contribution is -0.160. The first-order chi connectivity index (χ1) is 11.2. The average Bonchev–Trinajstić information content (AvgIpc) is 2.76. The van der Waals surface area contributed by atoms with Gasteiger partial charge in [-0.25, -0.2) is 0 Å². The highest BCUT2D eigenvalue weighted by molar-refractivity contribution is 9.10. The molecule has 0 amide bonds. The zero-order valence-electron chi connectivity index (χ0n) is 15.1. The SMILES string of the molecule is C[C@]1(O)CC[C@H]2[C@@H]3CC[C@@]4(Br)C[C@@H](O)CC[C@]4(CO)[C@H]3CC[C@@]21C. The zero-order chi connectivity index (χ0) is 17.4. The van der Waals surface area contributed by atoms with Crippen LogP contribution in [0.4, 0.5) is 0 Å². The highest BCUT2D eigenvalue weighted by Gasteiger charge is 2.67. The Balaban J connectivity index is 1.70. The highest BCUT2D eigenvalue weighted by atomic mass is 79.9. The first-order valence-corrected chi connectivity index (χ1v) is 10.7. The van der Waals surface area contributed by atoms with Crippen molar-refractivity contribution in [1.82, 2.24) is 0 Å². The van der Waals surface area contributed by atoms with Gasteiger partial charge < -0.3 is 15.3 Å². The van der Waals surface area contributed by atoms with E-state index in [0.29, 0.717) is 17.8 Å². The van der Waals surface area contributed by atoms with E-state index < -0.39 is 5.60 Å². The molecule has 4 heteroatoms. The van der Waals surface area contributed by atoms with Crippen molar-refractivity contribution < 1.29 is 15.3 Å². The molecular formula is C20H33BrO3. The smallest absolute Gasteiger partial charge is 0.0675 e. The molecule has 4 aliphatic carbocycles. The predicted molar refractivity (Wildman–Crippen MR) is 97.9 cm³/mol. The monoisotopic (exact) mass is 400 g/mol. The number of rotatable bonds is 1. The van der Waals surface area contributed by atoms with Gasteiger partial charge in [0.2, 0.25) is 0 Å². The van der Waals surface area contributed by atoms with Gasteiger partial charge >= 0.3 is 0 Å². The summed E-state index contributed by atoms with van der Waals surface area (Å²) in [4.78, 5) is 0. The molecule has 3 N–H and O–H groups in total. The van der Waals surface area contributed by atoms with E-state index in [2.05, 4.69) is 22.9 Å². The van der Waals surface area contributed by atoms with Crippen molar-refractivity contribution in [1.29, 1.82) is 0 Å². The summed E-state index contributed by atoms with van der Waals surface area (Å²) in [7, 11) is 0. The number of halogens is 1. The van der Waals surface area contributed by atoms with Crippen molar-refractivity contribution in [3.05, 3.63) is 0 Å². The van der Waals surface area contributed by atoms with Crippen molar-refractivity contribution in [2.24, 2.45) is 28.6 Å². The normalized spacial score (nSPS) is 60.2. The fourth-order valence-electron chi connectivity index (χ4n) is 7.55. The Morgan fingerprint density at radius 3 is 2.38 bits per heavy atom. The summed E-state index contributed by atoms with van der Waals surface area (Å²) < 4.78 is -0.109. The zero-order valence-corrected chi connectivity index (χ0v) is 16.7. The summed E-state index contributed by atoms with van der Waals surface area (Å²) in [5, 5.41) is 31.7. The largest absolute Gasteiger partial charge is 0.396 e. The fraction of sp³-hybridized carbons (Fsp3) is 1.00. The molecule has 0 unspecified atom stereocenters. The second-order valence-corrected chi connectivity index (χ2v) is 11.4. The molecule has 0 aliphatic heterocycles. The number of aliphatic hydroxyl groups is 3. The molecule has 0 radical (unpaired) electrons. The first kappa shape index (κ1) is 17.8. The standard InChI is InChI=1S/C20H33BrO3/c1-17-7-5-16-14(15(17)6-8-18(17,2)24)4-10-20(21)11-13(23)3-9-19(16,20)12-22/h13-16,22-24H,3-12H2,1-2H3/t13-,14-,15-,16-,17-,18-,19-,20+/m0/s1. The lowest BCUT2D eigenvalue weighted by Crippen LogP contribution is -2.63. The molecule has 4 aliphatic rings. The molecule has 0 aromatic rings. The van der Waals surface area contributed by atoms with Crippen molar-refractivity contribution in [2.75, 3.05) is 6.61 Å². The third-order valence-corrected chi connectivity index (χ3v) is 10.8. The number of aliphatic hydroxyl groups excluding tert-OH is 2. The minimum atomic E-state index is -0.541. The minimum Gasteiger partial charge on any atom is -0.396 e. The maximum Gasteiger partial charge on any atom is 0.0675 e. The van der Waals surface area contributed by atoms with Crippen LogP contribution in [0.2, 0.25) is 0 Å². The van der Waals surface area contributed by atoms with E-state index in [9.17, 15) is 15.3 Å². The van der Waals surface area contributed by atoms with Crippen LogP contribution in [-0.4, -0.2) is 38.0 Å². The Kier molecular flexibility index (Phi) is 4.02. The Morgan fingerprint density at radius 2 is 1.67 bits per heavy atom. The van der Waals surface area contributed by atoms with E-state index in [1.54, 1.807) is 0 Å². The van der Waals surface area contributed by atoms with Gasteiger partial charge in [0, 0.05) is 9.74 Å². The first-order valence-electron chi connectivity index (χ1n) is 9.89. The van der Waals surface area contributed by atoms with Crippen LogP contribution in [0, 0.1) is 28.6 Å². The number of alkyl halides is 1. The number of hydrogen-bond donors (Lipinski definition) is 3. The molecule has 0 bridgehead atoms. The molecule has 0 saturated heterocycles. The van der Waals surface area contributed by atoms with Crippen LogP contribution in [-0.2, 0) is 0 Å². The minimum absolute atomic E-state index is 0.0330. The molecule has 4 rings (SSSR count). The molecule has 0 aromatic heterocycles. The molecule has 4 saturated carbocycles. The van der Waals surface area contributed by atoms with Gasteiger partial charge in [-0.3, -0.25) is 0 Å². The van der Waals surface area contributed by atoms with E-state index >= 15 is 0 Å². The molecule has 0 spiro atoms.